The van der Waals surface area contributed by atoms with Crippen molar-refractivity contribution in [3.8, 4) is 0 Å². The molecule has 1 saturated carbocycles. The second-order valence-corrected chi connectivity index (χ2v) is 5.14. The third-order valence-electron chi connectivity index (χ3n) is 3.39. The van der Waals surface area contributed by atoms with Crippen molar-refractivity contribution in [2.24, 2.45) is 0 Å². The fourth-order valence-corrected chi connectivity index (χ4v) is 2.15. The highest BCUT2D eigenvalue weighted by Gasteiger charge is 2.20. The van der Waals surface area contributed by atoms with Crippen molar-refractivity contribution in [3.05, 3.63) is 29.6 Å². The third kappa shape index (κ3) is 4.39. The lowest BCUT2D eigenvalue weighted by molar-refractivity contribution is 0.277. The van der Waals surface area contributed by atoms with Gasteiger partial charge in [-0.2, -0.15) is 0 Å². The lowest BCUT2D eigenvalue weighted by Gasteiger charge is -2.19. The second-order valence-electron chi connectivity index (χ2n) is 5.14. The molecule has 1 fully saturated rings. The third-order valence-corrected chi connectivity index (χ3v) is 3.39. The predicted molar refractivity (Wildman–Crippen MR) is 75.3 cm³/mol. The molecule has 0 aliphatic heterocycles. The molecule has 3 nitrogen and oxygen atoms in total. The Kier molecular flexibility index (Phi) is 5.14. The summed E-state index contributed by atoms with van der Waals surface area (Å²) in [7, 11) is 0. The summed E-state index contributed by atoms with van der Waals surface area (Å²) in [6.07, 6.45) is 3.87. The molecule has 0 unspecified atom stereocenters. The van der Waals surface area contributed by atoms with E-state index in [4.69, 9.17) is 4.98 Å². The lowest BCUT2D eigenvalue weighted by atomic mass is 10.2. The van der Waals surface area contributed by atoms with Crippen LogP contribution < -0.4 is 5.32 Å². The van der Waals surface area contributed by atoms with Gasteiger partial charge in [0.25, 0.3) is 0 Å². The highest BCUT2D eigenvalue weighted by molar-refractivity contribution is 5.11. The highest BCUT2D eigenvalue weighted by atomic mass is 15.1. The summed E-state index contributed by atoms with van der Waals surface area (Å²) in [6, 6.07) is 7.14. The summed E-state index contributed by atoms with van der Waals surface area (Å²) in [4.78, 5) is 7.18. The van der Waals surface area contributed by atoms with Gasteiger partial charge in [0, 0.05) is 19.1 Å². The van der Waals surface area contributed by atoms with Crippen molar-refractivity contribution in [3.63, 3.8) is 0 Å². The smallest absolute Gasteiger partial charge is 0.0547 e. The van der Waals surface area contributed by atoms with Crippen molar-refractivity contribution >= 4 is 0 Å². The van der Waals surface area contributed by atoms with E-state index in [9.17, 15) is 0 Å². The van der Waals surface area contributed by atoms with E-state index in [1.54, 1.807) is 0 Å². The molecule has 0 bridgehead atoms. The normalized spacial score (nSPS) is 15.3. The molecule has 2 rings (SSSR count). The first-order valence-electron chi connectivity index (χ1n) is 7.22. The molecule has 100 valence electrons. The van der Waals surface area contributed by atoms with E-state index in [1.165, 1.54) is 30.7 Å². The number of aromatic nitrogens is 1. The van der Waals surface area contributed by atoms with Gasteiger partial charge in [0.15, 0.2) is 0 Å². The Hall–Kier alpha value is -0.930. The summed E-state index contributed by atoms with van der Waals surface area (Å²) in [5, 5.41) is 3.52. The molecule has 0 aromatic carbocycles. The second kappa shape index (κ2) is 6.86. The van der Waals surface area contributed by atoms with Crippen LogP contribution in [-0.2, 0) is 13.1 Å². The molecule has 3 heteroatoms. The van der Waals surface area contributed by atoms with Gasteiger partial charge in [-0.15, -0.1) is 0 Å². The first-order valence-corrected chi connectivity index (χ1v) is 7.22. The zero-order valence-corrected chi connectivity index (χ0v) is 11.7. The summed E-state index contributed by atoms with van der Waals surface area (Å²) < 4.78 is 0. The number of nitrogens with one attached hydrogen (secondary N) is 1. The van der Waals surface area contributed by atoms with Gasteiger partial charge in [0.1, 0.15) is 0 Å². The quantitative estimate of drug-likeness (QED) is 0.765. The Morgan fingerprint density at radius 2 is 2.06 bits per heavy atom. The van der Waals surface area contributed by atoms with Crippen LogP contribution in [0.25, 0.3) is 0 Å². The largest absolute Gasteiger partial charge is 0.308 e. The summed E-state index contributed by atoms with van der Waals surface area (Å²) in [5.74, 6) is 0. The monoisotopic (exact) mass is 247 g/mol. The van der Waals surface area contributed by atoms with Gasteiger partial charge in [-0.1, -0.05) is 19.9 Å². The first-order chi connectivity index (χ1) is 8.81. The lowest BCUT2D eigenvalue weighted by Crippen LogP contribution is -2.24. The van der Waals surface area contributed by atoms with Gasteiger partial charge in [0.05, 0.1) is 11.4 Å². The molecule has 1 aliphatic rings. The molecular formula is C15H25N3. The average molecular weight is 247 g/mol. The Morgan fingerprint density at radius 1 is 1.28 bits per heavy atom. The minimum Gasteiger partial charge on any atom is -0.308 e. The topological polar surface area (TPSA) is 28.2 Å². The van der Waals surface area contributed by atoms with Gasteiger partial charge in [0.2, 0.25) is 0 Å². The molecular weight excluding hydrogens is 222 g/mol. The van der Waals surface area contributed by atoms with Crippen LogP contribution in [0.2, 0.25) is 0 Å². The molecule has 1 aromatic rings. The maximum atomic E-state index is 4.74. The van der Waals surface area contributed by atoms with Crippen molar-refractivity contribution in [2.75, 3.05) is 13.1 Å². The maximum absolute atomic E-state index is 4.74. The van der Waals surface area contributed by atoms with E-state index in [0.717, 1.165) is 32.2 Å². The van der Waals surface area contributed by atoms with Crippen LogP contribution in [0.1, 0.15) is 44.5 Å². The minimum absolute atomic E-state index is 0.752. The van der Waals surface area contributed by atoms with Crippen LogP contribution in [0.3, 0.4) is 0 Å². The number of hydrogen-bond acceptors (Lipinski definition) is 3. The summed E-state index contributed by atoms with van der Waals surface area (Å²) in [5.41, 5.74) is 2.37. The Labute approximate surface area is 111 Å². The molecule has 1 N–H and O–H groups in total. The predicted octanol–water partition coefficient (Wildman–Crippen LogP) is 2.57. The molecule has 0 spiro atoms. The van der Waals surface area contributed by atoms with Crippen LogP contribution in [0, 0.1) is 0 Å². The molecule has 0 atom stereocenters. The molecule has 1 heterocycles. The number of rotatable bonds is 8. The standard InChI is InChI=1S/C15H25N3/c1-3-10-18(4-2)12-15-7-5-6-14(17-15)11-16-13-8-9-13/h5-7,13,16H,3-4,8-12H2,1-2H3. The molecule has 18 heavy (non-hydrogen) atoms. The number of pyridine rings is 1. The SMILES string of the molecule is CCCN(CC)Cc1cccc(CNC2CC2)n1. The maximum Gasteiger partial charge on any atom is 0.0547 e. The Morgan fingerprint density at radius 3 is 2.72 bits per heavy atom. The van der Waals surface area contributed by atoms with Crippen molar-refractivity contribution in [1.82, 2.24) is 15.2 Å². The van der Waals surface area contributed by atoms with Crippen molar-refractivity contribution < 1.29 is 0 Å². The van der Waals surface area contributed by atoms with Gasteiger partial charge < -0.3 is 5.32 Å². The Balaban J connectivity index is 1.88. The summed E-state index contributed by atoms with van der Waals surface area (Å²) >= 11 is 0. The molecule has 0 amide bonds. The molecule has 1 aromatic heterocycles. The fourth-order valence-electron chi connectivity index (χ4n) is 2.15. The van der Waals surface area contributed by atoms with E-state index in [1.807, 2.05) is 0 Å². The van der Waals surface area contributed by atoms with Crippen LogP contribution in [-0.4, -0.2) is 29.0 Å². The van der Waals surface area contributed by atoms with Crippen LogP contribution >= 0.6 is 0 Å². The fraction of sp³-hybridized carbons (Fsp3) is 0.667. The van der Waals surface area contributed by atoms with Crippen LogP contribution in [0.5, 0.6) is 0 Å². The van der Waals surface area contributed by atoms with Gasteiger partial charge in [-0.25, -0.2) is 0 Å². The van der Waals surface area contributed by atoms with E-state index in [2.05, 4.69) is 42.3 Å². The number of hydrogen-bond donors (Lipinski definition) is 1. The van der Waals surface area contributed by atoms with E-state index in [0.29, 0.717) is 0 Å². The van der Waals surface area contributed by atoms with E-state index < -0.39 is 0 Å². The minimum atomic E-state index is 0.752. The van der Waals surface area contributed by atoms with Crippen molar-refractivity contribution in [2.45, 2.75) is 52.2 Å². The van der Waals surface area contributed by atoms with Gasteiger partial charge in [-0.3, -0.25) is 9.88 Å². The van der Waals surface area contributed by atoms with Crippen LogP contribution in [0.15, 0.2) is 18.2 Å². The zero-order valence-electron chi connectivity index (χ0n) is 11.7. The van der Waals surface area contributed by atoms with E-state index in [-0.39, 0.29) is 0 Å². The highest BCUT2D eigenvalue weighted by Crippen LogP contribution is 2.19. The van der Waals surface area contributed by atoms with Crippen molar-refractivity contribution in [1.29, 1.82) is 0 Å². The first kappa shape index (κ1) is 13.5. The number of nitrogens with zero attached hydrogens (tertiary/aromatic N) is 2. The molecule has 0 radical (unpaired) electrons. The Bertz CT molecular complexity index is 361. The zero-order chi connectivity index (χ0) is 12.8. The van der Waals surface area contributed by atoms with Gasteiger partial charge in [-0.05, 0) is 44.5 Å². The summed E-state index contributed by atoms with van der Waals surface area (Å²) in [6.45, 7) is 8.59. The van der Waals surface area contributed by atoms with Gasteiger partial charge >= 0.3 is 0 Å². The van der Waals surface area contributed by atoms with E-state index >= 15 is 0 Å². The molecule has 0 saturated heterocycles. The van der Waals surface area contributed by atoms with Crippen LogP contribution in [0.4, 0.5) is 0 Å². The molecule has 1 aliphatic carbocycles. The average Bonchev–Trinajstić information content (AvgIpc) is 3.20.